The van der Waals surface area contributed by atoms with Crippen LogP contribution in [0.2, 0.25) is 0 Å². The average molecular weight is 552 g/mol. The summed E-state index contributed by atoms with van der Waals surface area (Å²) in [6.45, 7) is 12.3. The summed E-state index contributed by atoms with van der Waals surface area (Å²) in [5, 5.41) is 23.1. The summed E-state index contributed by atoms with van der Waals surface area (Å²) in [5.41, 5.74) is 8.73. The first-order valence-corrected chi connectivity index (χ1v) is 14.0. The Hall–Kier alpha value is -2.82. The Balaban J connectivity index is 1.85. The maximum atomic E-state index is 12.8. The number of allylic oxidation sites excluding steroid dienone is 1. The number of aromatic hydroxyl groups is 2. The van der Waals surface area contributed by atoms with Gasteiger partial charge < -0.3 is 0 Å². The number of aliphatic imine (C=N–C) groups is 1. The molecule has 5 nitrogen and oxygen atoms in total. The van der Waals surface area contributed by atoms with Crippen LogP contribution in [-0.2, 0) is 15.6 Å². The van der Waals surface area contributed by atoms with Crippen molar-refractivity contribution in [1.82, 2.24) is 0 Å². The quantitative estimate of drug-likeness (QED) is 0.166. The molecule has 1 heterocycles. The number of rotatable bonds is 6. The first-order chi connectivity index (χ1) is 16.3. The number of carbonyl (C=O) groups excluding carboxylic acids is 1. The van der Waals surface area contributed by atoms with Crippen LogP contribution in [0.1, 0.15) is 63.1 Å². The van der Waals surface area contributed by atoms with Crippen LogP contribution in [0.4, 0.5) is 5.69 Å². The van der Waals surface area contributed by atoms with E-state index in [-0.39, 0.29) is 21.2 Å². The molecule has 1 aromatic heterocycles. The van der Waals surface area contributed by atoms with Gasteiger partial charge in [0.15, 0.2) is 0 Å². The Bertz CT molecular complexity index is 1250. The van der Waals surface area contributed by atoms with Gasteiger partial charge in [0.2, 0.25) is 0 Å². The summed E-state index contributed by atoms with van der Waals surface area (Å²) < 4.78 is 0.513. The van der Waals surface area contributed by atoms with E-state index in [0.717, 1.165) is 21.6 Å². The second-order valence-electron chi connectivity index (χ2n) is 10.4. The average Bonchev–Trinajstić information content (AvgIpc) is 3.29. The van der Waals surface area contributed by atoms with Gasteiger partial charge in [-0.05, 0) is 0 Å². The van der Waals surface area contributed by atoms with Gasteiger partial charge in [0.1, 0.15) is 0 Å². The SMILES string of the molecule is CC(C)(C)c1cc(/C=C/C(=O)[As]c2cc(N=C(N)c3cccs3)ccc2O)cc(C(C)(C)C)c1O. The molecule has 0 saturated carbocycles. The van der Waals surface area contributed by atoms with Crippen molar-refractivity contribution < 1.29 is 15.0 Å². The van der Waals surface area contributed by atoms with Crippen LogP contribution in [0.15, 0.2) is 58.9 Å². The fourth-order valence-electron chi connectivity index (χ4n) is 3.51. The third-order valence-corrected chi connectivity index (χ3v) is 8.30. The number of thiophene rings is 1. The van der Waals surface area contributed by atoms with Crippen molar-refractivity contribution in [2.45, 2.75) is 52.4 Å². The summed E-state index contributed by atoms with van der Waals surface area (Å²) >= 11 is 0.528. The van der Waals surface area contributed by atoms with Crippen LogP contribution in [-0.4, -0.2) is 36.4 Å². The predicted octanol–water partition coefficient (Wildman–Crippen LogP) is 5.36. The minimum absolute atomic E-state index is 0.0633. The molecule has 4 N–H and O–H groups in total. The third-order valence-electron chi connectivity index (χ3n) is 5.38. The number of amidine groups is 1. The molecule has 7 heteroatoms. The molecule has 0 amide bonds. The molecule has 0 atom stereocenters. The van der Waals surface area contributed by atoms with Gasteiger partial charge in [-0.15, -0.1) is 0 Å². The molecule has 3 aromatic rings. The Morgan fingerprint density at radius 2 is 1.63 bits per heavy atom. The third kappa shape index (κ3) is 6.87. The van der Waals surface area contributed by atoms with Gasteiger partial charge in [-0.3, -0.25) is 0 Å². The summed E-state index contributed by atoms with van der Waals surface area (Å²) in [5.74, 6) is 0.787. The molecule has 0 fully saturated rings. The van der Waals surface area contributed by atoms with E-state index in [4.69, 9.17) is 5.73 Å². The zero-order valence-electron chi connectivity index (χ0n) is 21.0. The Morgan fingerprint density at radius 3 is 2.17 bits per heavy atom. The van der Waals surface area contributed by atoms with Crippen molar-refractivity contribution in [2.75, 3.05) is 0 Å². The van der Waals surface area contributed by atoms with Gasteiger partial charge in [0.05, 0.1) is 0 Å². The molecular formula is C28H32AsN2O3S. The molecule has 0 aliphatic heterocycles. The van der Waals surface area contributed by atoms with Crippen LogP contribution in [0, 0.1) is 0 Å². The van der Waals surface area contributed by atoms with Gasteiger partial charge in [0, 0.05) is 0 Å². The van der Waals surface area contributed by atoms with E-state index >= 15 is 0 Å². The standard InChI is InChI=1S/C28H32AsN2O3S/c1-27(2,3)19-14-17(15-20(25(19)34)28(4,5)6)9-12-24(33)29-21-16-18(10-11-22(21)32)31-26(30)23-8-7-13-35-23/h7-16,32,34H,1-6H3,(H2,30,31)/b12-9+. The van der Waals surface area contributed by atoms with Crippen molar-refractivity contribution >= 4 is 53.6 Å². The van der Waals surface area contributed by atoms with Crippen molar-refractivity contribution in [3.63, 3.8) is 0 Å². The number of phenols is 2. The van der Waals surface area contributed by atoms with Crippen molar-refractivity contribution in [3.8, 4) is 11.5 Å². The van der Waals surface area contributed by atoms with Crippen molar-refractivity contribution in [2.24, 2.45) is 10.7 Å². The van der Waals surface area contributed by atoms with Crippen LogP contribution in [0.25, 0.3) is 6.08 Å². The number of nitrogens with two attached hydrogens (primary N) is 1. The summed E-state index contributed by atoms with van der Waals surface area (Å²) in [7, 11) is 0. The van der Waals surface area contributed by atoms with E-state index in [2.05, 4.69) is 46.5 Å². The summed E-state index contributed by atoms with van der Waals surface area (Å²) in [4.78, 5) is 18.1. The van der Waals surface area contributed by atoms with E-state index in [0.29, 0.717) is 21.6 Å². The minimum atomic E-state index is -0.972. The van der Waals surface area contributed by atoms with Gasteiger partial charge in [-0.25, -0.2) is 0 Å². The maximum absolute atomic E-state index is 12.8. The zero-order chi connectivity index (χ0) is 26.0. The molecule has 0 unspecified atom stereocenters. The molecule has 3 rings (SSSR count). The molecule has 0 saturated heterocycles. The number of benzene rings is 2. The molecule has 0 bridgehead atoms. The summed E-state index contributed by atoms with van der Waals surface area (Å²) in [6.07, 6.45) is 3.34. The van der Waals surface area contributed by atoms with Crippen LogP contribution < -0.4 is 10.1 Å². The molecule has 0 aliphatic rings. The zero-order valence-corrected chi connectivity index (χ0v) is 23.6. The molecule has 2 aromatic carbocycles. The Kier molecular flexibility index (Phi) is 7.98. The van der Waals surface area contributed by atoms with E-state index in [1.54, 1.807) is 30.4 Å². The van der Waals surface area contributed by atoms with Gasteiger partial charge in [0.25, 0.3) is 0 Å². The molecule has 0 aliphatic carbocycles. The van der Waals surface area contributed by atoms with E-state index in [1.807, 2.05) is 29.6 Å². The van der Waals surface area contributed by atoms with Crippen LogP contribution >= 0.6 is 11.3 Å². The van der Waals surface area contributed by atoms with E-state index in [9.17, 15) is 15.0 Å². The van der Waals surface area contributed by atoms with Crippen LogP contribution in [0.5, 0.6) is 11.5 Å². The van der Waals surface area contributed by atoms with Crippen molar-refractivity contribution in [3.05, 3.63) is 75.5 Å². The summed E-state index contributed by atoms with van der Waals surface area (Å²) in [6, 6.07) is 12.6. The monoisotopic (exact) mass is 551 g/mol. The topological polar surface area (TPSA) is 95.9 Å². The molecule has 0 spiro atoms. The van der Waals surface area contributed by atoms with E-state index in [1.165, 1.54) is 11.3 Å². The normalized spacial score (nSPS) is 13.3. The molecular weight excluding hydrogens is 519 g/mol. The Morgan fingerprint density at radius 1 is 1.00 bits per heavy atom. The number of phenolic OH excluding ortho intramolecular Hbond substituents is 2. The first kappa shape index (κ1) is 26.8. The number of nitrogens with zero attached hydrogens (tertiary/aromatic N) is 1. The van der Waals surface area contributed by atoms with Gasteiger partial charge >= 0.3 is 219 Å². The van der Waals surface area contributed by atoms with E-state index < -0.39 is 15.8 Å². The number of hydrogen-bond donors (Lipinski definition) is 3. The number of carbonyl (C=O) groups is 1. The van der Waals surface area contributed by atoms with Crippen LogP contribution in [0.3, 0.4) is 0 Å². The predicted molar refractivity (Wildman–Crippen MR) is 148 cm³/mol. The number of hydrogen-bond acceptors (Lipinski definition) is 5. The second-order valence-corrected chi connectivity index (χ2v) is 13.7. The van der Waals surface area contributed by atoms with Crippen molar-refractivity contribution in [1.29, 1.82) is 0 Å². The van der Waals surface area contributed by atoms with Gasteiger partial charge in [-0.1, -0.05) is 0 Å². The second kappa shape index (κ2) is 10.4. The fourth-order valence-corrected chi connectivity index (χ4v) is 5.76. The Labute approximate surface area is 218 Å². The molecule has 183 valence electrons. The molecule has 1 radical (unpaired) electrons. The van der Waals surface area contributed by atoms with Gasteiger partial charge in [-0.2, -0.15) is 0 Å². The fraction of sp³-hybridized carbons (Fsp3) is 0.286. The molecule has 35 heavy (non-hydrogen) atoms. The first-order valence-electron chi connectivity index (χ1n) is 11.3.